The lowest BCUT2D eigenvalue weighted by Gasteiger charge is -2.26. The molecule has 3 heterocycles. The number of carbonyl (C=O) groups is 1. The summed E-state index contributed by atoms with van der Waals surface area (Å²) in [6.07, 6.45) is 3.82. The van der Waals surface area contributed by atoms with E-state index in [0.29, 0.717) is 37.1 Å². The van der Waals surface area contributed by atoms with Crippen LogP contribution in [0.3, 0.4) is 0 Å². The Morgan fingerprint density at radius 2 is 1.90 bits per heavy atom. The Bertz CT molecular complexity index is 603. The molecular weight excluding hydrogens is 278 g/mol. The quantitative estimate of drug-likeness (QED) is 0.792. The molecule has 0 radical (unpaired) electrons. The van der Waals surface area contributed by atoms with Gasteiger partial charge in [0.05, 0.1) is 23.8 Å². The van der Waals surface area contributed by atoms with Gasteiger partial charge in [-0.2, -0.15) is 0 Å². The van der Waals surface area contributed by atoms with Crippen LogP contribution in [0.25, 0.3) is 0 Å². The van der Waals surface area contributed by atoms with E-state index in [4.69, 9.17) is 4.74 Å². The molecule has 2 aliphatic heterocycles. The normalized spacial score (nSPS) is 30.9. The van der Waals surface area contributed by atoms with Gasteiger partial charge < -0.3 is 4.74 Å². The average Bonchev–Trinajstić information content (AvgIpc) is 2.66. The highest BCUT2D eigenvalue weighted by Crippen LogP contribution is 2.42. The third kappa shape index (κ3) is 2.12. The van der Waals surface area contributed by atoms with Crippen molar-refractivity contribution >= 4 is 15.6 Å². The lowest BCUT2D eigenvalue weighted by Crippen LogP contribution is -2.36. The summed E-state index contributed by atoms with van der Waals surface area (Å²) in [5.41, 5.74) is 0.398. The lowest BCUT2D eigenvalue weighted by molar-refractivity contribution is 0.0900. The predicted molar refractivity (Wildman–Crippen MR) is 73.6 cm³/mol. The SMILES string of the molecule is COc1ccc(C(=O)C2CC3CCC(C2)S3(=O)=O)nc1. The highest BCUT2D eigenvalue weighted by atomic mass is 32.2. The smallest absolute Gasteiger partial charge is 0.184 e. The summed E-state index contributed by atoms with van der Waals surface area (Å²) >= 11 is 0. The maximum absolute atomic E-state index is 12.4. The molecule has 2 unspecified atom stereocenters. The van der Waals surface area contributed by atoms with Crippen molar-refractivity contribution in [3.05, 3.63) is 24.0 Å². The maximum atomic E-state index is 12.4. The van der Waals surface area contributed by atoms with Crippen LogP contribution in [0, 0.1) is 5.92 Å². The largest absolute Gasteiger partial charge is 0.495 e. The minimum atomic E-state index is -2.98. The number of sulfone groups is 1. The predicted octanol–water partition coefficient (Wildman–Crippen LogP) is 1.63. The zero-order valence-corrected chi connectivity index (χ0v) is 12.1. The minimum Gasteiger partial charge on any atom is -0.495 e. The first-order chi connectivity index (χ1) is 9.52. The summed E-state index contributed by atoms with van der Waals surface area (Å²) in [5, 5.41) is -0.651. The van der Waals surface area contributed by atoms with Crippen molar-refractivity contribution in [2.75, 3.05) is 7.11 Å². The van der Waals surface area contributed by atoms with Crippen LogP contribution in [-0.4, -0.2) is 36.8 Å². The molecule has 2 saturated heterocycles. The van der Waals surface area contributed by atoms with Crippen LogP contribution < -0.4 is 4.74 Å². The molecule has 20 heavy (non-hydrogen) atoms. The van der Waals surface area contributed by atoms with Crippen molar-refractivity contribution in [2.45, 2.75) is 36.2 Å². The number of rotatable bonds is 3. The molecule has 6 heteroatoms. The summed E-state index contributed by atoms with van der Waals surface area (Å²) < 4.78 is 29.1. The van der Waals surface area contributed by atoms with Gasteiger partial charge in [0.25, 0.3) is 0 Å². The number of methoxy groups -OCH3 is 1. The van der Waals surface area contributed by atoms with Gasteiger partial charge in [-0.25, -0.2) is 13.4 Å². The van der Waals surface area contributed by atoms with Crippen molar-refractivity contribution in [2.24, 2.45) is 5.92 Å². The molecule has 2 fully saturated rings. The van der Waals surface area contributed by atoms with Gasteiger partial charge in [0.2, 0.25) is 0 Å². The van der Waals surface area contributed by atoms with Crippen LogP contribution in [0.15, 0.2) is 18.3 Å². The van der Waals surface area contributed by atoms with Crippen LogP contribution in [-0.2, 0) is 9.84 Å². The molecule has 2 bridgehead atoms. The van der Waals surface area contributed by atoms with Crippen LogP contribution in [0.2, 0.25) is 0 Å². The van der Waals surface area contributed by atoms with Gasteiger partial charge in [0.15, 0.2) is 15.6 Å². The van der Waals surface area contributed by atoms with E-state index in [0.717, 1.165) is 0 Å². The molecule has 0 aromatic carbocycles. The molecular formula is C14H17NO4S. The van der Waals surface area contributed by atoms with E-state index in [9.17, 15) is 13.2 Å². The summed E-state index contributed by atoms with van der Waals surface area (Å²) in [7, 11) is -1.44. The van der Waals surface area contributed by atoms with Crippen LogP contribution >= 0.6 is 0 Å². The number of hydrogen-bond donors (Lipinski definition) is 0. The van der Waals surface area contributed by atoms with E-state index in [1.807, 2.05) is 0 Å². The molecule has 1 aromatic rings. The first-order valence-electron chi connectivity index (χ1n) is 6.79. The third-order valence-corrected chi connectivity index (χ3v) is 7.14. The van der Waals surface area contributed by atoms with Crippen molar-refractivity contribution in [1.82, 2.24) is 4.98 Å². The Balaban J connectivity index is 1.79. The van der Waals surface area contributed by atoms with Crippen LogP contribution in [0.5, 0.6) is 5.75 Å². The summed E-state index contributed by atoms with van der Waals surface area (Å²) in [6.45, 7) is 0. The van der Waals surface area contributed by atoms with E-state index < -0.39 is 9.84 Å². The molecule has 1 aromatic heterocycles. The zero-order valence-electron chi connectivity index (χ0n) is 11.3. The zero-order chi connectivity index (χ0) is 14.3. The van der Waals surface area contributed by atoms with Gasteiger partial charge in [0, 0.05) is 5.92 Å². The van der Waals surface area contributed by atoms with Crippen molar-refractivity contribution in [3.63, 3.8) is 0 Å². The Labute approximate surface area is 118 Å². The van der Waals surface area contributed by atoms with Crippen molar-refractivity contribution in [1.29, 1.82) is 0 Å². The van der Waals surface area contributed by atoms with Crippen LogP contribution in [0.4, 0.5) is 0 Å². The second-order valence-corrected chi connectivity index (χ2v) is 8.04. The Morgan fingerprint density at radius 3 is 2.40 bits per heavy atom. The Kier molecular flexibility index (Phi) is 3.28. The number of ether oxygens (including phenoxy) is 1. The van der Waals surface area contributed by atoms with Gasteiger partial charge in [-0.05, 0) is 37.8 Å². The number of aromatic nitrogens is 1. The van der Waals surface area contributed by atoms with Gasteiger partial charge >= 0.3 is 0 Å². The first-order valence-corrected chi connectivity index (χ1v) is 8.40. The second kappa shape index (κ2) is 4.84. The van der Waals surface area contributed by atoms with E-state index >= 15 is 0 Å². The molecule has 2 aliphatic rings. The van der Waals surface area contributed by atoms with E-state index in [-0.39, 0.29) is 22.2 Å². The van der Waals surface area contributed by atoms with Gasteiger partial charge in [-0.15, -0.1) is 0 Å². The number of nitrogens with zero attached hydrogens (tertiary/aromatic N) is 1. The number of pyridine rings is 1. The summed E-state index contributed by atoms with van der Waals surface area (Å²) in [4.78, 5) is 16.5. The average molecular weight is 295 g/mol. The highest BCUT2D eigenvalue weighted by Gasteiger charge is 2.48. The molecule has 0 aliphatic carbocycles. The topological polar surface area (TPSA) is 73.3 Å². The number of ketones is 1. The first kappa shape index (κ1) is 13.5. The number of fused-ring (bicyclic) bond motifs is 2. The Morgan fingerprint density at radius 1 is 1.25 bits per heavy atom. The van der Waals surface area contributed by atoms with Crippen molar-refractivity contribution in [3.8, 4) is 5.75 Å². The molecule has 5 nitrogen and oxygen atoms in total. The third-order valence-electron chi connectivity index (χ3n) is 4.43. The Hall–Kier alpha value is -1.43. The minimum absolute atomic E-state index is 0.0422. The fourth-order valence-corrected chi connectivity index (χ4v) is 5.75. The molecule has 0 spiro atoms. The van der Waals surface area contributed by atoms with Gasteiger partial charge in [-0.3, -0.25) is 4.79 Å². The molecule has 0 amide bonds. The second-order valence-electron chi connectivity index (χ2n) is 5.53. The number of hydrogen-bond acceptors (Lipinski definition) is 5. The van der Waals surface area contributed by atoms with Crippen LogP contribution in [0.1, 0.15) is 36.2 Å². The van der Waals surface area contributed by atoms with Gasteiger partial charge in [0.1, 0.15) is 11.4 Å². The molecule has 0 saturated carbocycles. The monoisotopic (exact) mass is 295 g/mol. The molecule has 108 valence electrons. The van der Waals surface area contributed by atoms with Crippen molar-refractivity contribution < 1.29 is 17.9 Å². The fourth-order valence-electron chi connectivity index (χ4n) is 3.28. The standard InChI is InChI=1S/C14H17NO4S/c1-19-10-2-5-13(15-8-10)14(16)9-6-11-3-4-12(7-9)20(11,17)18/h2,5,8-9,11-12H,3-4,6-7H2,1H3. The summed E-state index contributed by atoms with van der Waals surface area (Å²) in [5.74, 6) is 0.351. The fraction of sp³-hybridized carbons (Fsp3) is 0.571. The molecule has 3 rings (SSSR count). The number of Topliss-reactive ketones (excluding diaryl/α,β-unsaturated/α-hetero) is 1. The lowest BCUT2D eigenvalue weighted by atomic mass is 9.92. The maximum Gasteiger partial charge on any atom is 0.184 e. The van der Waals surface area contributed by atoms with Gasteiger partial charge in [-0.1, -0.05) is 0 Å². The van der Waals surface area contributed by atoms with E-state index in [1.165, 1.54) is 6.20 Å². The summed E-state index contributed by atoms with van der Waals surface area (Å²) in [6, 6.07) is 3.35. The highest BCUT2D eigenvalue weighted by molar-refractivity contribution is 7.93. The molecule has 0 N–H and O–H groups in total. The van der Waals surface area contributed by atoms with E-state index in [2.05, 4.69) is 4.98 Å². The number of carbonyl (C=O) groups excluding carboxylic acids is 1. The van der Waals surface area contributed by atoms with E-state index in [1.54, 1.807) is 19.2 Å². The molecule has 2 atom stereocenters.